The zero-order valence-electron chi connectivity index (χ0n) is 10.2. The molecule has 0 radical (unpaired) electrons. The van der Waals surface area contributed by atoms with E-state index in [-0.39, 0.29) is 6.42 Å². The largest absolute Gasteiger partial charge is 0.396 e. The van der Waals surface area contributed by atoms with Gasteiger partial charge in [0.15, 0.2) is 0 Å². The van der Waals surface area contributed by atoms with Gasteiger partial charge < -0.3 is 5.11 Å². The van der Waals surface area contributed by atoms with Crippen LogP contribution >= 0.6 is 15.9 Å². The van der Waals surface area contributed by atoms with Crippen molar-refractivity contribution in [3.8, 4) is 0 Å². The molecule has 2 rings (SSSR count). The Labute approximate surface area is 101 Å². The summed E-state index contributed by atoms with van der Waals surface area (Å²) in [6.45, 7) is -2.11. The second-order valence-corrected chi connectivity index (χ2v) is 4.27. The zero-order chi connectivity index (χ0) is 12.5. The molecule has 2 aromatic rings. The predicted molar refractivity (Wildman–Crippen MR) is 67.1 cm³/mol. The highest BCUT2D eigenvalue weighted by Crippen LogP contribution is 2.27. The first kappa shape index (κ1) is 8.31. The molecule has 0 saturated heterocycles. The van der Waals surface area contributed by atoms with Crippen LogP contribution in [-0.2, 0) is 6.42 Å². The molecule has 2 heteroatoms. The van der Waals surface area contributed by atoms with Gasteiger partial charge in [-0.25, -0.2) is 0 Å². The van der Waals surface area contributed by atoms with E-state index in [2.05, 4.69) is 15.9 Å². The Kier molecular flexibility index (Phi) is 2.65. The van der Waals surface area contributed by atoms with Crippen LogP contribution in [0.25, 0.3) is 10.8 Å². The highest BCUT2D eigenvalue weighted by molar-refractivity contribution is 9.10. The van der Waals surface area contributed by atoms with Crippen molar-refractivity contribution in [3.63, 3.8) is 0 Å². The van der Waals surface area contributed by atoms with Crippen LogP contribution < -0.4 is 0 Å². The Bertz CT molecular complexity index is 529. The molecule has 2 aromatic carbocycles. The van der Waals surface area contributed by atoms with Crippen molar-refractivity contribution in [3.05, 3.63) is 46.4 Å². The van der Waals surface area contributed by atoms with Crippen LogP contribution in [0.15, 0.2) is 40.9 Å². The fourth-order valence-corrected chi connectivity index (χ4v) is 2.40. The van der Waals surface area contributed by atoms with Crippen molar-refractivity contribution in [2.24, 2.45) is 0 Å². The minimum Gasteiger partial charge on any atom is -0.396 e. The molecule has 0 aliphatic rings. The molecule has 0 fully saturated rings. The van der Waals surface area contributed by atoms with E-state index in [0.717, 1.165) is 20.8 Å². The fourth-order valence-electron chi connectivity index (χ4n) is 1.77. The van der Waals surface area contributed by atoms with Gasteiger partial charge in [-0.3, -0.25) is 0 Å². The summed E-state index contributed by atoms with van der Waals surface area (Å²) in [4.78, 5) is 0. The Balaban J connectivity index is 2.40. The first-order chi connectivity index (χ1) is 7.97. The summed E-state index contributed by atoms with van der Waals surface area (Å²) >= 11 is 3.51. The molecule has 0 spiro atoms. The van der Waals surface area contributed by atoms with E-state index in [1.165, 1.54) is 0 Å². The van der Waals surface area contributed by atoms with Crippen LogP contribution in [0.5, 0.6) is 0 Å². The molecule has 15 heavy (non-hydrogen) atoms. The second kappa shape index (κ2) is 4.77. The number of hydrogen-bond acceptors (Lipinski definition) is 1. The van der Waals surface area contributed by atoms with E-state index in [1.54, 1.807) is 0 Å². The van der Waals surface area contributed by atoms with Gasteiger partial charge in [0.2, 0.25) is 0 Å². The maximum atomic E-state index is 9.14. The molecule has 0 aliphatic heterocycles. The lowest BCUT2D eigenvalue weighted by Gasteiger charge is -2.07. The van der Waals surface area contributed by atoms with E-state index in [9.17, 15) is 0 Å². The van der Waals surface area contributed by atoms with Crippen molar-refractivity contribution >= 4 is 26.7 Å². The van der Waals surface area contributed by atoms with Crippen molar-refractivity contribution in [2.45, 2.75) is 12.8 Å². The molecule has 0 unspecified atom stereocenters. The lowest BCUT2D eigenvalue weighted by atomic mass is 10.0. The Morgan fingerprint density at radius 2 is 1.93 bits per heavy atom. The third-order valence-corrected chi connectivity index (χ3v) is 3.11. The first-order valence-corrected chi connectivity index (χ1v) is 5.65. The summed E-state index contributed by atoms with van der Waals surface area (Å²) in [5.74, 6) is 0. The number of fused-ring (bicyclic) bond motifs is 1. The molecule has 0 aliphatic carbocycles. The molecular formula is C13H13BrO. The lowest BCUT2D eigenvalue weighted by Crippen LogP contribution is -1.91. The molecule has 1 nitrogen and oxygen atoms in total. The van der Waals surface area contributed by atoms with Gasteiger partial charge in [-0.2, -0.15) is 0 Å². The molecule has 0 amide bonds. The van der Waals surface area contributed by atoms with Gasteiger partial charge in [0.05, 0.1) is 2.74 Å². The predicted octanol–water partition coefficient (Wildman–Crippen LogP) is 3.53. The number of hydrogen-bond donors (Lipinski definition) is 1. The third kappa shape index (κ3) is 2.21. The molecule has 0 heterocycles. The molecule has 78 valence electrons. The van der Waals surface area contributed by atoms with Gasteiger partial charge in [-0.05, 0) is 35.2 Å². The van der Waals surface area contributed by atoms with Crippen molar-refractivity contribution in [1.29, 1.82) is 0 Å². The summed E-state index contributed by atoms with van der Waals surface area (Å²) in [6.07, 6.45) is 0.622. The number of halogens is 1. The smallest absolute Gasteiger partial charge is 0.0564 e. The van der Waals surface area contributed by atoms with Gasteiger partial charge in [0.25, 0.3) is 0 Å². The average molecular weight is 267 g/mol. The summed E-state index contributed by atoms with van der Waals surface area (Å²) < 4.78 is 15.3. The lowest BCUT2D eigenvalue weighted by molar-refractivity contribution is 0.289. The highest BCUT2D eigenvalue weighted by Gasteiger charge is 2.03. The number of rotatable bonds is 3. The number of benzene rings is 2. The van der Waals surface area contributed by atoms with Gasteiger partial charge in [0.1, 0.15) is 0 Å². The van der Waals surface area contributed by atoms with Gasteiger partial charge in [-0.15, -0.1) is 0 Å². The highest BCUT2D eigenvalue weighted by atomic mass is 79.9. The standard InChI is InChI=1S/C13H13BrO/c14-12-8-2-6-10-4-1-5-11(13(10)12)7-3-9-15/h1-2,4-6,8,15H,3,7,9H2/i9D2. The van der Waals surface area contributed by atoms with Gasteiger partial charge >= 0.3 is 0 Å². The van der Waals surface area contributed by atoms with Crippen LogP contribution in [0, 0.1) is 0 Å². The van der Waals surface area contributed by atoms with Crippen molar-refractivity contribution < 1.29 is 7.85 Å². The van der Waals surface area contributed by atoms with E-state index < -0.39 is 6.56 Å². The second-order valence-electron chi connectivity index (χ2n) is 3.41. The fraction of sp³-hybridized carbons (Fsp3) is 0.231. The van der Waals surface area contributed by atoms with Gasteiger partial charge in [-0.1, -0.05) is 46.3 Å². The minimum atomic E-state index is -2.11. The minimum absolute atomic E-state index is 0.105. The van der Waals surface area contributed by atoms with Crippen LogP contribution in [-0.4, -0.2) is 11.7 Å². The van der Waals surface area contributed by atoms with Crippen LogP contribution in [0.2, 0.25) is 0 Å². The quantitative estimate of drug-likeness (QED) is 0.902. The van der Waals surface area contributed by atoms with E-state index in [4.69, 9.17) is 7.85 Å². The topological polar surface area (TPSA) is 20.2 Å². The summed E-state index contributed by atoms with van der Waals surface area (Å²) in [6, 6.07) is 11.9. The SMILES string of the molecule is [2H]C([2H])(O)CCc1cccc2cccc(Br)c12. The van der Waals surface area contributed by atoms with E-state index in [0.29, 0.717) is 6.42 Å². The maximum absolute atomic E-state index is 9.14. The number of aryl methyl sites for hydroxylation is 1. The van der Waals surface area contributed by atoms with Crippen LogP contribution in [0.3, 0.4) is 0 Å². The van der Waals surface area contributed by atoms with Gasteiger partial charge in [0, 0.05) is 11.0 Å². The third-order valence-electron chi connectivity index (χ3n) is 2.45. The molecule has 0 bridgehead atoms. The summed E-state index contributed by atoms with van der Waals surface area (Å²) in [5.41, 5.74) is 1.05. The maximum Gasteiger partial charge on any atom is 0.0564 e. The Hall–Kier alpha value is -0.860. The normalized spacial score (nSPS) is 13.7. The monoisotopic (exact) mass is 266 g/mol. The van der Waals surface area contributed by atoms with Crippen molar-refractivity contribution in [2.75, 3.05) is 6.56 Å². The average Bonchev–Trinajstić information content (AvgIpc) is 2.25. The van der Waals surface area contributed by atoms with E-state index >= 15 is 0 Å². The molecule has 0 atom stereocenters. The molecule has 0 aromatic heterocycles. The molecular weight excluding hydrogens is 252 g/mol. The summed E-state index contributed by atoms with van der Waals surface area (Å²) in [5, 5.41) is 11.4. The summed E-state index contributed by atoms with van der Waals surface area (Å²) in [7, 11) is 0. The van der Waals surface area contributed by atoms with Crippen molar-refractivity contribution in [1.82, 2.24) is 0 Å². The first-order valence-electron chi connectivity index (χ1n) is 5.86. The number of aliphatic hydroxyl groups is 1. The van der Waals surface area contributed by atoms with Crippen LogP contribution in [0.4, 0.5) is 0 Å². The van der Waals surface area contributed by atoms with Crippen LogP contribution in [0.1, 0.15) is 14.7 Å². The molecule has 1 N–H and O–H groups in total. The molecule has 0 saturated carbocycles. The zero-order valence-corrected chi connectivity index (χ0v) is 9.79. The Morgan fingerprint density at radius 1 is 1.20 bits per heavy atom. The van der Waals surface area contributed by atoms with E-state index in [1.807, 2.05) is 36.4 Å². The Morgan fingerprint density at radius 3 is 2.67 bits per heavy atom.